The molecule has 7 nitrogen and oxygen atoms in total. The van der Waals surface area contributed by atoms with E-state index in [0.29, 0.717) is 44.0 Å². The van der Waals surface area contributed by atoms with Crippen molar-refractivity contribution in [3.8, 4) is 5.75 Å². The van der Waals surface area contributed by atoms with Crippen molar-refractivity contribution in [2.24, 2.45) is 0 Å². The molecule has 8 heteroatoms. The number of hydrogen-bond donors (Lipinski definition) is 1. The van der Waals surface area contributed by atoms with Gasteiger partial charge in [0.25, 0.3) is 5.91 Å². The van der Waals surface area contributed by atoms with Gasteiger partial charge in [0.15, 0.2) is 0 Å². The van der Waals surface area contributed by atoms with Crippen molar-refractivity contribution in [1.82, 2.24) is 14.5 Å². The molecule has 0 radical (unpaired) electrons. The Hall–Kier alpha value is -1.64. The van der Waals surface area contributed by atoms with Crippen LogP contribution >= 0.6 is 0 Å². The molecule has 0 saturated carbocycles. The van der Waals surface area contributed by atoms with Gasteiger partial charge in [-0.15, -0.1) is 0 Å². The van der Waals surface area contributed by atoms with Crippen molar-refractivity contribution in [1.29, 1.82) is 0 Å². The van der Waals surface area contributed by atoms with E-state index < -0.39 is 10.0 Å². The molecule has 0 aliphatic carbocycles. The molecule has 1 aliphatic heterocycles. The highest BCUT2D eigenvalue weighted by Gasteiger charge is 2.25. The molecule has 2 rings (SSSR count). The van der Waals surface area contributed by atoms with E-state index in [4.69, 9.17) is 4.74 Å². The van der Waals surface area contributed by atoms with E-state index in [1.54, 1.807) is 36.3 Å². The topological polar surface area (TPSA) is 79.0 Å². The maximum absolute atomic E-state index is 12.9. The Balaban J connectivity index is 2.04. The first-order chi connectivity index (χ1) is 13.0. The second-order valence-electron chi connectivity index (χ2n) is 6.69. The molecular weight excluding hydrogens is 366 g/mol. The number of unbranched alkanes of at least 4 members (excludes halogenated alkanes) is 2. The molecular formula is C19H31N3O4S. The summed E-state index contributed by atoms with van der Waals surface area (Å²) in [6, 6.07) is 6.93. The summed E-state index contributed by atoms with van der Waals surface area (Å²) in [4.78, 5) is 14.6. The summed E-state index contributed by atoms with van der Waals surface area (Å²) < 4.78 is 31.9. The van der Waals surface area contributed by atoms with Crippen LogP contribution in [0.1, 0.15) is 36.5 Å². The quantitative estimate of drug-likeness (QED) is 0.606. The maximum atomic E-state index is 12.9. The summed E-state index contributed by atoms with van der Waals surface area (Å²) in [5.41, 5.74) is 0.548. The molecule has 0 bridgehead atoms. The molecule has 0 aromatic heterocycles. The number of rotatable bonds is 10. The van der Waals surface area contributed by atoms with Crippen LogP contribution in [0.2, 0.25) is 0 Å². The molecule has 0 spiro atoms. The lowest BCUT2D eigenvalue weighted by Gasteiger charge is -2.28. The third-order valence-corrected chi connectivity index (χ3v) is 6.59. The lowest BCUT2D eigenvalue weighted by atomic mass is 10.1. The van der Waals surface area contributed by atoms with Crippen molar-refractivity contribution in [3.63, 3.8) is 0 Å². The number of nitrogens with zero attached hydrogens (tertiary/aromatic N) is 2. The predicted molar refractivity (Wildman–Crippen MR) is 107 cm³/mol. The van der Waals surface area contributed by atoms with E-state index in [2.05, 4.69) is 12.2 Å². The van der Waals surface area contributed by atoms with Gasteiger partial charge in [0.1, 0.15) is 5.75 Å². The van der Waals surface area contributed by atoms with Gasteiger partial charge in [-0.25, -0.2) is 8.42 Å². The van der Waals surface area contributed by atoms with E-state index in [0.717, 1.165) is 19.3 Å². The molecule has 1 N–H and O–H groups in total. The number of benzene rings is 1. The first kappa shape index (κ1) is 21.7. The molecule has 1 amide bonds. The maximum Gasteiger partial charge on any atom is 0.253 e. The molecule has 1 aromatic rings. The van der Waals surface area contributed by atoms with Crippen LogP contribution in [-0.2, 0) is 10.0 Å². The molecule has 1 fully saturated rings. The van der Waals surface area contributed by atoms with Crippen LogP contribution in [0, 0.1) is 0 Å². The van der Waals surface area contributed by atoms with E-state index in [1.165, 1.54) is 4.31 Å². The zero-order valence-corrected chi connectivity index (χ0v) is 17.1. The van der Waals surface area contributed by atoms with Crippen LogP contribution in [0.25, 0.3) is 0 Å². The summed E-state index contributed by atoms with van der Waals surface area (Å²) in [6.45, 7) is 5.20. The molecule has 1 heterocycles. The number of carbonyl (C=O) groups excluding carboxylic acids is 1. The second-order valence-corrected chi connectivity index (χ2v) is 8.78. The van der Waals surface area contributed by atoms with E-state index in [1.807, 2.05) is 0 Å². The van der Waals surface area contributed by atoms with Crippen molar-refractivity contribution < 1.29 is 17.9 Å². The van der Waals surface area contributed by atoms with Gasteiger partial charge in [-0.3, -0.25) is 4.79 Å². The van der Waals surface area contributed by atoms with Crippen molar-refractivity contribution in [3.05, 3.63) is 29.8 Å². The molecule has 1 aliphatic rings. The SMILES string of the molecule is CCCCCN(CCS(=O)(=O)N1CCNCC1)C(=O)c1ccc(OC)cc1. The lowest BCUT2D eigenvalue weighted by molar-refractivity contribution is 0.0762. The fourth-order valence-electron chi connectivity index (χ4n) is 3.06. The van der Waals surface area contributed by atoms with Gasteiger partial charge in [0.2, 0.25) is 10.0 Å². The zero-order chi connectivity index (χ0) is 19.7. The van der Waals surface area contributed by atoms with Gasteiger partial charge in [-0.1, -0.05) is 19.8 Å². The molecule has 0 atom stereocenters. The van der Waals surface area contributed by atoms with Gasteiger partial charge in [-0.2, -0.15) is 4.31 Å². The number of carbonyl (C=O) groups is 1. The highest BCUT2D eigenvalue weighted by atomic mass is 32.2. The van der Waals surface area contributed by atoms with Gasteiger partial charge < -0.3 is 15.0 Å². The molecule has 1 aromatic carbocycles. The zero-order valence-electron chi connectivity index (χ0n) is 16.3. The third kappa shape index (κ3) is 6.48. The van der Waals surface area contributed by atoms with E-state index in [9.17, 15) is 13.2 Å². The minimum atomic E-state index is -3.36. The van der Waals surface area contributed by atoms with Crippen LogP contribution in [0.5, 0.6) is 5.75 Å². The highest BCUT2D eigenvalue weighted by Crippen LogP contribution is 2.14. The summed E-state index contributed by atoms with van der Waals surface area (Å²) >= 11 is 0. The minimum Gasteiger partial charge on any atom is -0.497 e. The van der Waals surface area contributed by atoms with E-state index >= 15 is 0 Å². The molecule has 152 valence electrons. The third-order valence-electron chi connectivity index (χ3n) is 4.74. The van der Waals surface area contributed by atoms with Crippen LogP contribution < -0.4 is 10.1 Å². The van der Waals surface area contributed by atoms with Gasteiger partial charge >= 0.3 is 0 Å². The Morgan fingerprint density at radius 2 is 1.81 bits per heavy atom. The first-order valence-corrected chi connectivity index (χ1v) is 11.2. The van der Waals surface area contributed by atoms with Gasteiger partial charge in [0.05, 0.1) is 12.9 Å². The number of sulfonamides is 1. The second kappa shape index (κ2) is 10.6. The minimum absolute atomic E-state index is 0.0407. The fourth-order valence-corrected chi connectivity index (χ4v) is 4.51. The summed E-state index contributed by atoms with van der Waals surface area (Å²) in [5, 5.41) is 3.15. The van der Waals surface area contributed by atoms with Crippen molar-refractivity contribution in [2.75, 3.05) is 52.1 Å². The summed E-state index contributed by atoms with van der Waals surface area (Å²) in [5.74, 6) is 0.510. The molecule has 1 saturated heterocycles. The number of methoxy groups -OCH3 is 1. The van der Waals surface area contributed by atoms with Crippen LogP contribution in [-0.4, -0.2) is 75.7 Å². The average Bonchev–Trinajstić information content (AvgIpc) is 2.71. The summed E-state index contributed by atoms with van der Waals surface area (Å²) in [7, 11) is -1.78. The largest absolute Gasteiger partial charge is 0.497 e. The lowest BCUT2D eigenvalue weighted by Crippen LogP contribution is -2.48. The van der Waals surface area contributed by atoms with E-state index in [-0.39, 0.29) is 18.2 Å². The highest BCUT2D eigenvalue weighted by molar-refractivity contribution is 7.89. The smallest absolute Gasteiger partial charge is 0.253 e. The fraction of sp³-hybridized carbons (Fsp3) is 0.632. The number of hydrogen-bond acceptors (Lipinski definition) is 5. The Kier molecular flexibility index (Phi) is 8.53. The monoisotopic (exact) mass is 397 g/mol. The van der Waals surface area contributed by atoms with Crippen LogP contribution in [0.4, 0.5) is 0 Å². The van der Waals surface area contributed by atoms with Crippen LogP contribution in [0.15, 0.2) is 24.3 Å². The Labute approximate surface area is 162 Å². The molecule has 0 unspecified atom stereocenters. The van der Waals surface area contributed by atoms with Gasteiger partial charge in [-0.05, 0) is 30.7 Å². The number of piperazine rings is 1. The standard InChI is InChI=1S/C19H31N3O4S/c1-3-4-5-12-21(19(23)17-6-8-18(26-2)9-7-17)15-16-27(24,25)22-13-10-20-11-14-22/h6-9,20H,3-5,10-16H2,1-2H3. The Morgan fingerprint density at radius 3 is 2.41 bits per heavy atom. The van der Waals surface area contributed by atoms with Gasteiger partial charge in [0, 0.05) is 44.8 Å². The Morgan fingerprint density at radius 1 is 1.15 bits per heavy atom. The first-order valence-electron chi connectivity index (χ1n) is 9.60. The number of amides is 1. The number of nitrogens with one attached hydrogen (secondary N) is 1. The van der Waals surface area contributed by atoms with Crippen molar-refractivity contribution >= 4 is 15.9 Å². The van der Waals surface area contributed by atoms with Crippen molar-refractivity contribution in [2.45, 2.75) is 26.2 Å². The Bertz CT molecular complexity index is 685. The predicted octanol–water partition coefficient (Wildman–Crippen LogP) is 1.56. The average molecular weight is 398 g/mol. The normalized spacial score (nSPS) is 15.5. The molecule has 27 heavy (non-hydrogen) atoms. The van der Waals surface area contributed by atoms with Crippen LogP contribution in [0.3, 0.4) is 0 Å². The summed E-state index contributed by atoms with van der Waals surface area (Å²) in [6.07, 6.45) is 2.92. The number of ether oxygens (including phenoxy) is 1.